The van der Waals surface area contributed by atoms with Gasteiger partial charge in [0.25, 0.3) is 5.91 Å². The number of aromatic nitrogens is 3. The van der Waals surface area contributed by atoms with Gasteiger partial charge in [0, 0.05) is 13.1 Å². The minimum atomic E-state index is -0.625. The van der Waals surface area contributed by atoms with E-state index in [9.17, 15) is 9.59 Å². The summed E-state index contributed by atoms with van der Waals surface area (Å²) in [4.78, 5) is 29.4. The van der Waals surface area contributed by atoms with Crippen molar-refractivity contribution in [1.29, 1.82) is 0 Å². The van der Waals surface area contributed by atoms with E-state index in [1.165, 1.54) is 6.33 Å². The molecule has 2 fully saturated rings. The van der Waals surface area contributed by atoms with E-state index in [-0.39, 0.29) is 23.0 Å². The van der Waals surface area contributed by atoms with E-state index in [4.69, 9.17) is 5.73 Å². The highest BCUT2D eigenvalue weighted by Crippen LogP contribution is 2.30. The Kier molecular flexibility index (Phi) is 4.14. The predicted octanol–water partition coefficient (Wildman–Crippen LogP) is 0.436. The van der Waals surface area contributed by atoms with Crippen LogP contribution in [0.5, 0.6) is 0 Å². The molecule has 0 unspecified atom stereocenters. The van der Waals surface area contributed by atoms with Gasteiger partial charge in [0.1, 0.15) is 6.33 Å². The molecule has 1 aromatic heterocycles. The number of carbonyl (C=O) groups excluding carboxylic acids is 2. The molecule has 21 heavy (non-hydrogen) atoms. The number of hydrogen-bond acceptors (Lipinski definition) is 5. The fourth-order valence-electron chi connectivity index (χ4n) is 2.91. The van der Waals surface area contributed by atoms with Crippen LogP contribution in [-0.2, 0) is 4.79 Å². The summed E-state index contributed by atoms with van der Waals surface area (Å²) in [7, 11) is 0. The minimum absolute atomic E-state index is 0.0322. The lowest BCUT2D eigenvalue weighted by atomic mass is 10.1. The number of likely N-dealkylation sites (tertiary alicyclic amines) is 1. The first-order valence-electron chi connectivity index (χ1n) is 7.26. The first-order chi connectivity index (χ1) is 10.1. The minimum Gasteiger partial charge on any atom is -0.363 e. The molecule has 2 aliphatic rings. The normalized spacial score (nSPS) is 26.0. The van der Waals surface area contributed by atoms with Crippen LogP contribution in [0.4, 0.5) is 0 Å². The maximum absolute atomic E-state index is 12.5. The van der Waals surface area contributed by atoms with Gasteiger partial charge in [-0.1, -0.05) is 0 Å². The van der Waals surface area contributed by atoms with Gasteiger partial charge >= 0.3 is 0 Å². The van der Waals surface area contributed by atoms with Crippen molar-refractivity contribution in [3.05, 3.63) is 12.2 Å². The van der Waals surface area contributed by atoms with Crippen LogP contribution < -0.4 is 5.73 Å². The summed E-state index contributed by atoms with van der Waals surface area (Å²) in [5.41, 5.74) is 5.17. The third-order valence-electron chi connectivity index (χ3n) is 4.02. The molecule has 2 atom stereocenters. The zero-order valence-corrected chi connectivity index (χ0v) is 12.6. The summed E-state index contributed by atoms with van der Waals surface area (Å²) in [6.45, 7) is 1.45. The molecule has 114 valence electrons. The Hall–Kier alpha value is -1.57. The zero-order valence-electron chi connectivity index (χ0n) is 11.8. The van der Waals surface area contributed by atoms with Crippen LogP contribution in [-0.4, -0.2) is 55.6 Å². The second-order valence-corrected chi connectivity index (χ2v) is 6.81. The Morgan fingerprint density at radius 1 is 1.33 bits per heavy atom. The SMILES string of the molecule is NC(=O)c1ncn([C@@H]2CCCN(C(=O)[C@H]3CCCS3)C2)n1. The number of carbonyl (C=O) groups is 2. The Morgan fingerprint density at radius 3 is 2.86 bits per heavy atom. The van der Waals surface area contributed by atoms with Crippen molar-refractivity contribution >= 4 is 23.6 Å². The second-order valence-electron chi connectivity index (χ2n) is 5.49. The second kappa shape index (κ2) is 6.05. The summed E-state index contributed by atoms with van der Waals surface area (Å²) < 4.78 is 1.67. The Morgan fingerprint density at radius 2 is 2.19 bits per heavy atom. The Bertz CT molecular complexity index is 540. The molecular weight excluding hydrogens is 290 g/mol. The third kappa shape index (κ3) is 3.04. The average molecular weight is 309 g/mol. The smallest absolute Gasteiger partial charge is 0.288 e. The van der Waals surface area contributed by atoms with Gasteiger partial charge < -0.3 is 10.6 Å². The molecule has 0 spiro atoms. The van der Waals surface area contributed by atoms with Gasteiger partial charge in [-0.3, -0.25) is 9.59 Å². The molecular formula is C13H19N5O2S. The summed E-state index contributed by atoms with van der Waals surface area (Å²) in [6.07, 6.45) is 5.52. The van der Waals surface area contributed by atoms with Gasteiger partial charge in [0.05, 0.1) is 11.3 Å². The van der Waals surface area contributed by atoms with Crippen molar-refractivity contribution < 1.29 is 9.59 Å². The molecule has 0 aliphatic carbocycles. The monoisotopic (exact) mass is 309 g/mol. The molecule has 2 amide bonds. The molecule has 3 heterocycles. The van der Waals surface area contributed by atoms with Crippen LogP contribution in [0.25, 0.3) is 0 Å². The maximum atomic E-state index is 12.5. The molecule has 1 aromatic rings. The first kappa shape index (κ1) is 14.4. The highest BCUT2D eigenvalue weighted by molar-refractivity contribution is 8.00. The number of hydrogen-bond donors (Lipinski definition) is 1. The summed E-state index contributed by atoms with van der Waals surface area (Å²) >= 11 is 1.76. The van der Waals surface area contributed by atoms with E-state index in [0.717, 1.165) is 38.0 Å². The number of nitrogens with zero attached hydrogens (tertiary/aromatic N) is 4. The lowest BCUT2D eigenvalue weighted by molar-refractivity contribution is -0.132. The maximum Gasteiger partial charge on any atom is 0.288 e. The van der Waals surface area contributed by atoms with Crippen molar-refractivity contribution in [2.45, 2.75) is 37.0 Å². The number of rotatable bonds is 3. The molecule has 0 radical (unpaired) electrons. The van der Waals surface area contributed by atoms with E-state index in [2.05, 4.69) is 10.1 Å². The quantitative estimate of drug-likeness (QED) is 0.874. The molecule has 0 saturated carbocycles. The van der Waals surface area contributed by atoms with Crippen LogP contribution in [0.1, 0.15) is 42.3 Å². The standard InChI is InChI=1S/C13H19N5O2S/c14-11(19)12-15-8-18(16-12)9-3-1-5-17(7-9)13(20)10-4-2-6-21-10/h8-10H,1-7H2,(H2,14,19)/t9-,10-/m1/s1. The molecule has 2 N–H and O–H groups in total. The van der Waals surface area contributed by atoms with Crippen molar-refractivity contribution in [3.8, 4) is 0 Å². The van der Waals surface area contributed by atoms with Crippen LogP contribution >= 0.6 is 11.8 Å². The van der Waals surface area contributed by atoms with E-state index in [0.29, 0.717) is 6.54 Å². The number of nitrogens with two attached hydrogens (primary N) is 1. The van der Waals surface area contributed by atoms with Crippen molar-refractivity contribution in [3.63, 3.8) is 0 Å². The summed E-state index contributed by atoms with van der Waals surface area (Å²) in [5.74, 6) is 0.737. The van der Waals surface area contributed by atoms with Crippen LogP contribution in [0.3, 0.4) is 0 Å². The molecule has 2 aliphatic heterocycles. The fourth-order valence-corrected chi connectivity index (χ4v) is 4.15. The van der Waals surface area contributed by atoms with E-state index in [1.54, 1.807) is 16.4 Å². The summed E-state index contributed by atoms with van der Waals surface area (Å²) in [6, 6.07) is 0.0784. The molecule has 3 rings (SSSR count). The fraction of sp³-hybridized carbons (Fsp3) is 0.692. The molecule has 0 bridgehead atoms. The highest BCUT2D eigenvalue weighted by Gasteiger charge is 2.32. The average Bonchev–Trinajstić information content (AvgIpc) is 3.18. The van der Waals surface area contributed by atoms with E-state index < -0.39 is 5.91 Å². The number of primary amides is 1. The van der Waals surface area contributed by atoms with Crippen molar-refractivity contribution in [2.75, 3.05) is 18.8 Å². The lowest BCUT2D eigenvalue weighted by Gasteiger charge is -2.34. The first-order valence-corrected chi connectivity index (χ1v) is 8.31. The lowest BCUT2D eigenvalue weighted by Crippen LogP contribution is -2.44. The topological polar surface area (TPSA) is 94.1 Å². The Balaban J connectivity index is 1.67. The van der Waals surface area contributed by atoms with Gasteiger partial charge in [-0.15, -0.1) is 16.9 Å². The highest BCUT2D eigenvalue weighted by atomic mass is 32.2. The van der Waals surface area contributed by atoms with Crippen LogP contribution in [0.2, 0.25) is 0 Å². The van der Waals surface area contributed by atoms with E-state index in [1.807, 2.05) is 4.90 Å². The van der Waals surface area contributed by atoms with Gasteiger partial charge in [0.15, 0.2) is 0 Å². The van der Waals surface area contributed by atoms with Crippen LogP contribution in [0.15, 0.2) is 6.33 Å². The number of thioether (sulfide) groups is 1. The van der Waals surface area contributed by atoms with E-state index >= 15 is 0 Å². The zero-order chi connectivity index (χ0) is 14.8. The molecule has 7 nitrogen and oxygen atoms in total. The van der Waals surface area contributed by atoms with Crippen molar-refractivity contribution in [2.24, 2.45) is 5.73 Å². The predicted molar refractivity (Wildman–Crippen MR) is 78.9 cm³/mol. The number of amides is 2. The third-order valence-corrected chi connectivity index (χ3v) is 5.38. The largest absolute Gasteiger partial charge is 0.363 e. The van der Waals surface area contributed by atoms with Crippen LogP contribution in [0, 0.1) is 0 Å². The Labute approximate surface area is 127 Å². The summed E-state index contributed by atoms with van der Waals surface area (Å²) in [5, 5.41) is 4.24. The van der Waals surface area contributed by atoms with Gasteiger partial charge in [-0.05, 0) is 31.4 Å². The van der Waals surface area contributed by atoms with Crippen molar-refractivity contribution in [1.82, 2.24) is 19.7 Å². The molecule has 0 aromatic carbocycles. The van der Waals surface area contributed by atoms with Gasteiger partial charge in [-0.2, -0.15) is 0 Å². The number of piperidine rings is 1. The molecule has 8 heteroatoms. The van der Waals surface area contributed by atoms with Gasteiger partial charge in [0.2, 0.25) is 11.7 Å². The molecule has 2 saturated heterocycles. The van der Waals surface area contributed by atoms with Gasteiger partial charge in [-0.25, -0.2) is 9.67 Å².